The highest BCUT2D eigenvalue weighted by atomic mass is 32.1. The summed E-state index contributed by atoms with van der Waals surface area (Å²) in [4.78, 5) is 6.23. The fourth-order valence-electron chi connectivity index (χ4n) is 1.45. The van der Waals surface area contributed by atoms with Crippen LogP contribution < -0.4 is 15.8 Å². The maximum absolute atomic E-state index is 5.62. The fourth-order valence-corrected chi connectivity index (χ4v) is 2.07. The van der Waals surface area contributed by atoms with Crippen LogP contribution in [0.15, 0.2) is 29.6 Å². The molecule has 0 radical (unpaired) electrons. The molecule has 6 heteroatoms. The Hall–Kier alpha value is -1.79. The lowest BCUT2D eigenvalue weighted by molar-refractivity contribution is 0.261. The van der Waals surface area contributed by atoms with Gasteiger partial charge in [-0.1, -0.05) is 0 Å². The van der Waals surface area contributed by atoms with Gasteiger partial charge in [-0.3, -0.25) is 0 Å². The lowest BCUT2D eigenvalue weighted by Gasteiger charge is -2.11. The number of nitrogens with zero attached hydrogens (tertiary/aromatic N) is 2. The van der Waals surface area contributed by atoms with Crippen LogP contribution in [0.1, 0.15) is 0 Å². The summed E-state index contributed by atoms with van der Waals surface area (Å²) >= 11 is 1.48. The van der Waals surface area contributed by atoms with Crippen molar-refractivity contribution in [1.29, 1.82) is 0 Å². The minimum atomic E-state index is 0.538. The Morgan fingerprint density at radius 3 is 2.63 bits per heavy atom. The summed E-state index contributed by atoms with van der Waals surface area (Å²) in [5.41, 5.74) is 6.54. The van der Waals surface area contributed by atoms with Crippen molar-refractivity contribution >= 4 is 28.0 Å². The van der Waals surface area contributed by atoms with E-state index in [0.717, 1.165) is 23.1 Å². The Morgan fingerprint density at radius 1 is 1.32 bits per heavy atom. The lowest BCUT2D eigenvalue weighted by Crippen LogP contribution is -2.19. The molecule has 0 aliphatic rings. The number of anilines is 3. The van der Waals surface area contributed by atoms with Crippen LogP contribution in [0.3, 0.4) is 0 Å². The number of thiazole rings is 1. The fraction of sp³-hybridized carbons (Fsp3) is 0.308. The van der Waals surface area contributed by atoms with Gasteiger partial charge in [-0.15, -0.1) is 11.3 Å². The Labute approximate surface area is 117 Å². The van der Waals surface area contributed by atoms with Crippen molar-refractivity contribution in [2.45, 2.75) is 0 Å². The minimum Gasteiger partial charge on any atom is -0.492 e. The Bertz CT molecular complexity index is 510. The van der Waals surface area contributed by atoms with Crippen LogP contribution in [-0.4, -0.2) is 37.1 Å². The average Bonchev–Trinajstić information content (AvgIpc) is 2.77. The molecule has 2 aromatic rings. The highest BCUT2D eigenvalue weighted by molar-refractivity contribution is 7.14. The van der Waals surface area contributed by atoms with E-state index in [-0.39, 0.29) is 0 Å². The third-order valence-corrected chi connectivity index (χ3v) is 3.21. The normalized spacial score (nSPS) is 10.7. The summed E-state index contributed by atoms with van der Waals surface area (Å²) in [5.74, 6) is 1.40. The average molecular weight is 278 g/mol. The van der Waals surface area contributed by atoms with Gasteiger partial charge in [0.1, 0.15) is 18.2 Å². The monoisotopic (exact) mass is 278 g/mol. The summed E-state index contributed by atoms with van der Waals surface area (Å²) in [7, 11) is 4.05. The van der Waals surface area contributed by atoms with E-state index in [2.05, 4.69) is 15.2 Å². The van der Waals surface area contributed by atoms with E-state index < -0.39 is 0 Å². The van der Waals surface area contributed by atoms with Crippen molar-refractivity contribution in [2.75, 3.05) is 38.3 Å². The molecule has 0 amide bonds. The second-order valence-corrected chi connectivity index (χ2v) is 5.24. The van der Waals surface area contributed by atoms with Gasteiger partial charge in [-0.05, 0) is 38.4 Å². The molecule has 5 nitrogen and oxygen atoms in total. The molecule has 0 bridgehead atoms. The highest BCUT2D eigenvalue weighted by Crippen LogP contribution is 2.23. The Kier molecular flexibility index (Phi) is 4.59. The van der Waals surface area contributed by atoms with Gasteiger partial charge in [0.25, 0.3) is 0 Å². The molecule has 0 fully saturated rings. The Morgan fingerprint density at radius 2 is 2.05 bits per heavy atom. The predicted molar refractivity (Wildman–Crippen MR) is 80.3 cm³/mol. The Balaban J connectivity index is 1.87. The first-order chi connectivity index (χ1) is 9.13. The SMILES string of the molecule is CN(C)CCOc1ccc(Nc2nc(N)cs2)cc1. The van der Waals surface area contributed by atoms with Gasteiger partial charge >= 0.3 is 0 Å². The van der Waals surface area contributed by atoms with Crippen LogP contribution in [-0.2, 0) is 0 Å². The van der Waals surface area contributed by atoms with Crippen molar-refractivity contribution in [3.63, 3.8) is 0 Å². The molecule has 102 valence electrons. The molecule has 0 spiro atoms. The number of nitrogen functional groups attached to an aromatic ring is 1. The maximum Gasteiger partial charge on any atom is 0.189 e. The molecule has 0 unspecified atom stereocenters. The zero-order valence-corrected chi connectivity index (χ0v) is 11.9. The van der Waals surface area contributed by atoms with Crippen molar-refractivity contribution in [3.05, 3.63) is 29.6 Å². The van der Waals surface area contributed by atoms with Gasteiger partial charge in [0.2, 0.25) is 0 Å². The molecule has 0 saturated heterocycles. The van der Waals surface area contributed by atoms with E-state index >= 15 is 0 Å². The second kappa shape index (κ2) is 6.40. The van der Waals surface area contributed by atoms with Crippen molar-refractivity contribution in [2.24, 2.45) is 0 Å². The van der Waals surface area contributed by atoms with E-state index in [1.54, 1.807) is 5.38 Å². The number of likely N-dealkylation sites (N-methyl/N-ethyl adjacent to an activating group) is 1. The molecule has 1 aromatic carbocycles. The number of nitrogens with one attached hydrogen (secondary N) is 1. The van der Waals surface area contributed by atoms with Crippen LogP contribution >= 0.6 is 11.3 Å². The van der Waals surface area contributed by atoms with Gasteiger partial charge in [0, 0.05) is 17.6 Å². The molecule has 0 saturated carbocycles. The van der Waals surface area contributed by atoms with E-state index in [0.29, 0.717) is 12.4 Å². The van der Waals surface area contributed by atoms with E-state index in [1.165, 1.54) is 11.3 Å². The van der Waals surface area contributed by atoms with Gasteiger partial charge in [-0.2, -0.15) is 0 Å². The quantitative estimate of drug-likeness (QED) is 0.849. The van der Waals surface area contributed by atoms with Crippen LogP contribution in [0.25, 0.3) is 0 Å². The van der Waals surface area contributed by atoms with E-state index in [9.17, 15) is 0 Å². The van der Waals surface area contributed by atoms with Gasteiger partial charge in [-0.25, -0.2) is 4.98 Å². The molecule has 0 aliphatic carbocycles. The van der Waals surface area contributed by atoms with Gasteiger partial charge in [0.15, 0.2) is 5.13 Å². The first kappa shape index (κ1) is 13.6. The highest BCUT2D eigenvalue weighted by Gasteiger charge is 2.00. The molecule has 19 heavy (non-hydrogen) atoms. The van der Waals surface area contributed by atoms with Crippen molar-refractivity contribution in [3.8, 4) is 5.75 Å². The number of benzene rings is 1. The maximum atomic E-state index is 5.62. The molecular weight excluding hydrogens is 260 g/mol. The summed E-state index contributed by atoms with van der Waals surface area (Å²) in [6.45, 7) is 1.58. The first-order valence-electron chi connectivity index (χ1n) is 5.99. The molecular formula is C13H18N4OS. The molecule has 0 atom stereocenters. The second-order valence-electron chi connectivity index (χ2n) is 4.38. The largest absolute Gasteiger partial charge is 0.492 e. The van der Waals surface area contributed by atoms with Crippen molar-refractivity contribution in [1.82, 2.24) is 9.88 Å². The topological polar surface area (TPSA) is 63.4 Å². The number of nitrogens with two attached hydrogens (primary N) is 1. The predicted octanol–water partition coefficient (Wildman–Crippen LogP) is 2.41. The van der Waals surface area contributed by atoms with Crippen LogP contribution in [0.2, 0.25) is 0 Å². The van der Waals surface area contributed by atoms with Gasteiger partial charge in [0.05, 0.1) is 0 Å². The summed E-state index contributed by atoms with van der Waals surface area (Å²) in [6.07, 6.45) is 0. The van der Waals surface area contributed by atoms with Crippen LogP contribution in [0, 0.1) is 0 Å². The summed E-state index contributed by atoms with van der Waals surface area (Å²) in [5, 5.41) is 5.79. The minimum absolute atomic E-state index is 0.538. The van der Waals surface area contributed by atoms with E-state index in [4.69, 9.17) is 10.5 Å². The molecule has 0 aliphatic heterocycles. The molecule has 1 aromatic heterocycles. The van der Waals surface area contributed by atoms with E-state index in [1.807, 2.05) is 38.4 Å². The first-order valence-corrected chi connectivity index (χ1v) is 6.87. The third kappa shape index (κ3) is 4.42. The number of aromatic nitrogens is 1. The molecule has 1 heterocycles. The molecule has 2 rings (SSSR count). The lowest BCUT2D eigenvalue weighted by atomic mass is 10.3. The number of ether oxygens (including phenoxy) is 1. The zero-order chi connectivity index (χ0) is 13.7. The summed E-state index contributed by atoms with van der Waals surface area (Å²) in [6, 6.07) is 7.80. The zero-order valence-electron chi connectivity index (χ0n) is 11.1. The smallest absolute Gasteiger partial charge is 0.189 e. The van der Waals surface area contributed by atoms with Gasteiger partial charge < -0.3 is 20.7 Å². The standard InChI is InChI=1S/C13H18N4OS/c1-17(2)7-8-18-11-5-3-10(4-6-11)15-13-16-12(14)9-19-13/h3-6,9H,7-8,14H2,1-2H3,(H,15,16). The van der Waals surface area contributed by atoms with Crippen molar-refractivity contribution < 1.29 is 4.74 Å². The number of hydrogen-bond donors (Lipinski definition) is 2. The number of rotatable bonds is 6. The third-order valence-electron chi connectivity index (χ3n) is 2.43. The molecule has 3 N–H and O–H groups in total. The van der Waals surface area contributed by atoms with Crippen LogP contribution in [0.5, 0.6) is 5.75 Å². The summed E-state index contributed by atoms with van der Waals surface area (Å²) < 4.78 is 5.62. The number of hydrogen-bond acceptors (Lipinski definition) is 6. The van der Waals surface area contributed by atoms with Crippen LogP contribution in [0.4, 0.5) is 16.6 Å².